The number of ether oxygens (including phenoxy) is 3. The molecule has 1 saturated heterocycles. The summed E-state index contributed by atoms with van der Waals surface area (Å²) in [7, 11) is 0. The molecule has 1 aliphatic heterocycles. The van der Waals surface area contributed by atoms with Crippen LogP contribution in [0.5, 0.6) is 0 Å². The van der Waals surface area contributed by atoms with Gasteiger partial charge in [-0.25, -0.2) is 4.79 Å². The van der Waals surface area contributed by atoms with Gasteiger partial charge in [-0.1, -0.05) is 13.3 Å². The maximum atomic E-state index is 12.8. The number of nitrogens with two attached hydrogens (primary N) is 1. The number of carboxylic acids is 2. The SMILES string of the molecule is CCC1CCC(C(=O)NC(CCC(=O)NC(CCC(=O)O)C(=O)NCCCOCCOCCOCCCNC(=O)CCN2C(=O)CC(N)C2=O)C(=O)O)CC1. The summed E-state index contributed by atoms with van der Waals surface area (Å²) in [6.45, 7) is 4.69. The van der Waals surface area contributed by atoms with Crippen LogP contribution >= 0.6 is 0 Å². The highest BCUT2D eigenvalue weighted by molar-refractivity contribution is 6.05. The molecule has 1 aliphatic carbocycles. The second kappa shape index (κ2) is 26.6. The Kier molecular flexibility index (Phi) is 22.7. The third-order valence-electron chi connectivity index (χ3n) is 9.51. The van der Waals surface area contributed by atoms with Gasteiger partial charge in [0.1, 0.15) is 12.1 Å². The van der Waals surface area contributed by atoms with Gasteiger partial charge in [0.05, 0.1) is 38.9 Å². The van der Waals surface area contributed by atoms with E-state index in [-0.39, 0.29) is 75.3 Å². The second-order valence-corrected chi connectivity index (χ2v) is 13.7. The van der Waals surface area contributed by atoms with Gasteiger partial charge in [0.2, 0.25) is 35.4 Å². The number of nitrogens with zero attached hydrogens (tertiary/aromatic N) is 1. The predicted octanol–water partition coefficient (Wildman–Crippen LogP) is -0.559. The molecule has 55 heavy (non-hydrogen) atoms. The van der Waals surface area contributed by atoms with E-state index in [1.165, 1.54) is 0 Å². The standard InChI is InChI=1S/C36H60N6O13/c1-2-24-5-7-25(8-6-24)33(48)41-28(36(51)52)9-11-30(44)40-27(10-12-32(46)47)34(49)39-15-4-18-54-20-22-55-21-19-53-17-3-14-38-29(43)13-16-42-31(45)23-26(37)35(42)50/h24-28H,2-23,37H2,1H3,(H,38,43)(H,39,49)(H,40,44)(H,41,48)(H,46,47)(H,51,52). The molecule has 1 heterocycles. The molecule has 0 aromatic rings. The van der Waals surface area contributed by atoms with E-state index in [4.69, 9.17) is 25.1 Å². The minimum absolute atomic E-state index is 0.00782. The van der Waals surface area contributed by atoms with Gasteiger partial charge in [0.15, 0.2) is 0 Å². The van der Waals surface area contributed by atoms with E-state index in [9.17, 15) is 43.5 Å². The summed E-state index contributed by atoms with van der Waals surface area (Å²) in [5.41, 5.74) is 5.55. The van der Waals surface area contributed by atoms with E-state index in [1.807, 2.05) is 0 Å². The van der Waals surface area contributed by atoms with Gasteiger partial charge in [-0.3, -0.25) is 38.5 Å². The Labute approximate surface area is 321 Å². The maximum absolute atomic E-state index is 12.8. The summed E-state index contributed by atoms with van der Waals surface area (Å²) < 4.78 is 16.4. The third kappa shape index (κ3) is 19.3. The van der Waals surface area contributed by atoms with Gasteiger partial charge < -0.3 is 51.4 Å². The fraction of sp³-hybridized carbons (Fsp3) is 0.778. The normalized spacial score (nSPS) is 19.4. The fourth-order valence-electron chi connectivity index (χ4n) is 6.16. The fourth-order valence-corrected chi connectivity index (χ4v) is 6.16. The van der Waals surface area contributed by atoms with E-state index in [0.717, 1.165) is 24.2 Å². The smallest absolute Gasteiger partial charge is 0.326 e. The van der Waals surface area contributed by atoms with Gasteiger partial charge in [-0.15, -0.1) is 0 Å². The highest BCUT2D eigenvalue weighted by atomic mass is 16.5. The van der Waals surface area contributed by atoms with Crippen molar-refractivity contribution in [2.45, 2.75) is 109 Å². The molecule has 19 heteroatoms. The van der Waals surface area contributed by atoms with Crippen molar-refractivity contribution in [2.24, 2.45) is 17.6 Å². The van der Waals surface area contributed by atoms with Crippen molar-refractivity contribution in [3.8, 4) is 0 Å². The number of nitrogens with one attached hydrogen (secondary N) is 4. The van der Waals surface area contributed by atoms with Crippen molar-refractivity contribution in [1.29, 1.82) is 0 Å². The Hall–Kier alpha value is -4.20. The predicted molar refractivity (Wildman–Crippen MR) is 195 cm³/mol. The van der Waals surface area contributed by atoms with Crippen LogP contribution in [0, 0.1) is 11.8 Å². The first-order chi connectivity index (χ1) is 26.3. The maximum Gasteiger partial charge on any atom is 0.326 e. The van der Waals surface area contributed by atoms with Crippen LogP contribution in [-0.4, -0.2) is 140 Å². The summed E-state index contributed by atoms with van der Waals surface area (Å²) in [6.07, 6.45) is 4.24. The summed E-state index contributed by atoms with van der Waals surface area (Å²) in [4.78, 5) is 97.5. The molecule has 0 spiro atoms. The Bertz CT molecular complexity index is 1280. The minimum Gasteiger partial charge on any atom is -0.481 e. The topological polar surface area (TPSA) is 282 Å². The molecule has 0 aromatic carbocycles. The van der Waals surface area contributed by atoms with Crippen molar-refractivity contribution >= 4 is 47.4 Å². The van der Waals surface area contributed by atoms with Crippen molar-refractivity contribution in [3.63, 3.8) is 0 Å². The lowest BCUT2D eigenvalue weighted by atomic mass is 9.80. The van der Waals surface area contributed by atoms with E-state index in [2.05, 4.69) is 28.2 Å². The number of aliphatic carboxylic acids is 2. The molecular weight excluding hydrogens is 724 g/mol. The molecule has 2 aliphatic rings. The Morgan fingerprint density at radius 3 is 1.89 bits per heavy atom. The molecule has 0 aromatic heterocycles. The number of amides is 6. The molecular formula is C36H60N6O13. The molecule has 3 unspecified atom stereocenters. The Morgan fingerprint density at radius 2 is 1.35 bits per heavy atom. The Morgan fingerprint density at radius 1 is 0.764 bits per heavy atom. The first-order valence-electron chi connectivity index (χ1n) is 19.2. The highest BCUT2D eigenvalue weighted by Gasteiger charge is 2.36. The second-order valence-electron chi connectivity index (χ2n) is 13.7. The number of likely N-dealkylation sites (tertiary alicyclic amines) is 1. The largest absolute Gasteiger partial charge is 0.481 e. The molecule has 6 amide bonds. The number of rotatable bonds is 29. The minimum atomic E-state index is -1.27. The number of hydrogen-bond acceptors (Lipinski definition) is 12. The van der Waals surface area contributed by atoms with E-state index in [0.29, 0.717) is 77.8 Å². The van der Waals surface area contributed by atoms with Crippen molar-refractivity contribution < 1.29 is 62.8 Å². The van der Waals surface area contributed by atoms with Crippen LogP contribution < -0.4 is 27.0 Å². The zero-order valence-electron chi connectivity index (χ0n) is 31.9. The lowest BCUT2D eigenvalue weighted by Gasteiger charge is -2.28. The molecule has 1 saturated carbocycles. The van der Waals surface area contributed by atoms with Gasteiger partial charge in [0.25, 0.3) is 0 Å². The van der Waals surface area contributed by atoms with Crippen LogP contribution in [0.3, 0.4) is 0 Å². The quantitative estimate of drug-likeness (QED) is 0.0370. The first-order valence-corrected chi connectivity index (χ1v) is 19.2. The molecule has 8 N–H and O–H groups in total. The zero-order chi connectivity index (χ0) is 40.6. The van der Waals surface area contributed by atoms with Gasteiger partial charge >= 0.3 is 11.9 Å². The van der Waals surface area contributed by atoms with Crippen LogP contribution in [0.1, 0.15) is 90.4 Å². The molecule has 0 bridgehead atoms. The van der Waals surface area contributed by atoms with Crippen molar-refractivity contribution in [3.05, 3.63) is 0 Å². The summed E-state index contributed by atoms with van der Waals surface area (Å²) in [5, 5.41) is 29.1. The zero-order valence-corrected chi connectivity index (χ0v) is 31.9. The molecule has 19 nitrogen and oxygen atoms in total. The van der Waals surface area contributed by atoms with Gasteiger partial charge in [-0.2, -0.15) is 0 Å². The van der Waals surface area contributed by atoms with Crippen LogP contribution in [0.4, 0.5) is 0 Å². The molecule has 312 valence electrons. The van der Waals surface area contributed by atoms with Crippen LogP contribution in [-0.2, 0) is 52.6 Å². The molecule has 2 rings (SSSR count). The lowest BCUT2D eigenvalue weighted by molar-refractivity contribution is -0.143. The molecule has 0 radical (unpaired) electrons. The van der Waals surface area contributed by atoms with Crippen molar-refractivity contribution in [2.75, 3.05) is 59.3 Å². The Balaban J connectivity index is 1.52. The number of imide groups is 1. The van der Waals surface area contributed by atoms with E-state index < -0.39 is 47.8 Å². The number of carbonyl (C=O) groups excluding carboxylic acids is 6. The van der Waals surface area contributed by atoms with Crippen LogP contribution in [0.2, 0.25) is 0 Å². The lowest BCUT2D eigenvalue weighted by Crippen LogP contribution is -2.48. The molecule has 2 fully saturated rings. The average Bonchev–Trinajstić information content (AvgIpc) is 3.40. The third-order valence-corrected chi connectivity index (χ3v) is 9.51. The van der Waals surface area contributed by atoms with Gasteiger partial charge in [0, 0.05) is 58.0 Å². The van der Waals surface area contributed by atoms with E-state index in [1.54, 1.807) is 0 Å². The summed E-state index contributed by atoms with van der Waals surface area (Å²) >= 11 is 0. The van der Waals surface area contributed by atoms with Crippen LogP contribution in [0.15, 0.2) is 0 Å². The van der Waals surface area contributed by atoms with Crippen molar-refractivity contribution in [1.82, 2.24) is 26.2 Å². The number of hydrogen-bond donors (Lipinski definition) is 7. The summed E-state index contributed by atoms with van der Waals surface area (Å²) in [6, 6.07) is -3.24. The first kappa shape index (κ1) is 47.0. The monoisotopic (exact) mass is 784 g/mol. The summed E-state index contributed by atoms with van der Waals surface area (Å²) in [5.74, 6) is -4.75. The number of carbonyl (C=O) groups is 8. The average molecular weight is 785 g/mol. The highest BCUT2D eigenvalue weighted by Crippen LogP contribution is 2.30. The van der Waals surface area contributed by atoms with Gasteiger partial charge in [-0.05, 0) is 57.3 Å². The number of carboxylic acid groups (broad SMARTS) is 2. The van der Waals surface area contributed by atoms with E-state index >= 15 is 0 Å². The molecule has 3 atom stereocenters. The van der Waals surface area contributed by atoms with Crippen LogP contribution in [0.25, 0.3) is 0 Å².